The van der Waals surface area contributed by atoms with Gasteiger partial charge in [0.05, 0.1) is 6.10 Å². The number of hydrogen-bond acceptors (Lipinski definition) is 5. The Balaban J connectivity index is 2.63. The van der Waals surface area contributed by atoms with Crippen LogP contribution in [0.25, 0.3) is 0 Å². The minimum Gasteiger partial charge on any atom is -0.388 e. The molecule has 1 aliphatic heterocycles. The second kappa shape index (κ2) is 4.16. The van der Waals surface area contributed by atoms with Crippen molar-refractivity contribution >= 4 is 22.6 Å². The molecule has 0 aromatic rings. The Morgan fingerprint density at radius 1 is 1.00 bits per heavy atom. The van der Waals surface area contributed by atoms with Gasteiger partial charge in [0.15, 0.2) is 6.29 Å². The van der Waals surface area contributed by atoms with Crippen LogP contribution in [0.5, 0.6) is 0 Å². The first kappa shape index (κ1) is 10.6. The maximum Gasteiger partial charge on any atom is 0.183 e. The van der Waals surface area contributed by atoms with Crippen LogP contribution in [0, 0.1) is 0 Å². The van der Waals surface area contributed by atoms with E-state index in [0.29, 0.717) is 4.43 Å². The highest BCUT2D eigenvalue weighted by Gasteiger charge is 2.42. The van der Waals surface area contributed by atoms with Crippen molar-refractivity contribution in [2.45, 2.75) is 30.7 Å². The van der Waals surface area contributed by atoms with Gasteiger partial charge >= 0.3 is 0 Å². The van der Waals surface area contributed by atoms with Crippen molar-refractivity contribution < 1.29 is 25.2 Å². The molecule has 1 rings (SSSR count). The Kier molecular flexibility index (Phi) is 3.68. The van der Waals surface area contributed by atoms with E-state index in [1.54, 1.807) is 0 Å². The second-order valence-electron chi connectivity index (χ2n) is 2.69. The molecule has 72 valence electrons. The minimum atomic E-state index is -1.43. The first-order chi connectivity index (χ1) is 5.57. The van der Waals surface area contributed by atoms with Gasteiger partial charge in [-0.1, -0.05) is 22.6 Å². The Morgan fingerprint density at radius 2 is 1.58 bits per heavy atom. The van der Waals surface area contributed by atoms with E-state index >= 15 is 0 Å². The van der Waals surface area contributed by atoms with Crippen molar-refractivity contribution in [3.63, 3.8) is 0 Å². The standard InChI is InChI=1S/C6H11IO5/c7-1-2-3(8)4(9)5(10)6(11)12-2/h2-6,8-11H,1H2/t2-,3+,4+,5+,6+/m1/s1. The Morgan fingerprint density at radius 3 is 2.08 bits per heavy atom. The van der Waals surface area contributed by atoms with E-state index < -0.39 is 30.7 Å². The van der Waals surface area contributed by atoms with Crippen molar-refractivity contribution in [2.24, 2.45) is 0 Å². The highest BCUT2D eigenvalue weighted by Crippen LogP contribution is 2.20. The zero-order chi connectivity index (χ0) is 9.30. The first-order valence-electron chi connectivity index (χ1n) is 3.51. The average molecular weight is 290 g/mol. The summed E-state index contributed by atoms with van der Waals surface area (Å²) in [5, 5.41) is 36.5. The van der Waals surface area contributed by atoms with Gasteiger partial charge < -0.3 is 25.2 Å². The molecule has 0 aromatic heterocycles. The number of ether oxygens (including phenoxy) is 1. The lowest BCUT2D eigenvalue weighted by molar-refractivity contribution is -0.275. The largest absolute Gasteiger partial charge is 0.388 e. The quantitative estimate of drug-likeness (QED) is 0.339. The van der Waals surface area contributed by atoms with Gasteiger partial charge in [-0.05, 0) is 0 Å². The zero-order valence-corrected chi connectivity index (χ0v) is 8.33. The number of halogens is 1. The summed E-state index contributed by atoms with van der Waals surface area (Å²) in [6.45, 7) is 0. The molecule has 1 aliphatic rings. The number of alkyl halides is 1. The van der Waals surface area contributed by atoms with Gasteiger partial charge in [0.25, 0.3) is 0 Å². The van der Waals surface area contributed by atoms with Gasteiger partial charge in [0.2, 0.25) is 0 Å². The van der Waals surface area contributed by atoms with Crippen LogP contribution in [0.4, 0.5) is 0 Å². The number of aliphatic hydroxyl groups is 4. The SMILES string of the molecule is O[C@H]1[C@@H](O)[C@@H](CI)O[C@H](O)[C@H]1O. The molecule has 0 unspecified atom stereocenters. The van der Waals surface area contributed by atoms with E-state index in [-0.39, 0.29) is 0 Å². The molecular formula is C6H11IO5. The summed E-state index contributed by atoms with van der Waals surface area (Å²) in [7, 11) is 0. The van der Waals surface area contributed by atoms with Crippen LogP contribution in [-0.2, 0) is 4.74 Å². The van der Waals surface area contributed by atoms with Gasteiger partial charge in [-0.3, -0.25) is 0 Å². The maximum absolute atomic E-state index is 9.27. The lowest BCUT2D eigenvalue weighted by Crippen LogP contribution is -2.57. The molecule has 1 fully saturated rings. The topological polar surface area (TPSA) is 90.2 Å². The normalized spacial score (nSPS) is 49.2. The third kappa shape index (κ3) is 1.88. The van der Waals surface area contributed by atoms with Crippen LogP contribution >= 0.6 is 22.6 Å². The fraction of sp³-hybridized carbons (Fsp3) is 1.00. The summed E-state index contributed by atoms with van der Waals surface area (Å²) < 4.78 is 5.26. The minimum absolute atomic E-state index is 0.444. The van der Waals surface area contributed by atoms with E-state index in [1.807, 2.05) is 22.6 Å². The second-order valence-corrected chi connectivity index (χ2v) is 3.57. The van der Waals surface area contributed by atoms with E-state index in [4.69, 9.17) is 14.9 Å². The van der Waals surface area contributed by atoms with Crippen LogP contribution < -0.4 is 0 Å². The molecule has 6 heteroatoms. The Labute approximate surface area is 83.1 Å². The third-order valence-electron chi connectivity index (χ3n) is 1.84. The summed E-state index contributed by atoms with van der Waals surface area (Å²) in [4.78, 5) is 0. The summed E-state index contributed by atoms with van der Waals surface area (Å²) in [5.74, 6) is 0. The summed E-state index contributed by atoms with van der Waals surface area (Å²) >= 11 is 1.96. The molecule has 12 heavy (non-hydrogen) atoms. The van der Waals surface area contributed by atoms with Crippen LogP contribution in [-0.4, -0.2) is 55.6 Å². The highest BCUT2D eigenvalue weighted by molar-refractivity contribution is 14.1. The van der Waals surface area contributed by atoms with Crippen molar-refractivity contribution in [3.8, 4) is 0 Å². The smallest absolute Gasteiger partial charge is 0.183 e. The van der Waals surface area contributed by atoms with Crippen LogP contribution in [0.15, 0.2) is 0 Å². The van der Waals surface area contributed by atoms with Crippen LogP contribution in [0.1, 0.15) is 0 Å². The monoisotopic (exact) mass is 290 g/mol. The molecular weight excluding hydrogens is 279 g/mol. The van der Waals surface area contributed by atoms with E-state index in [0.717, 1.165) is 0 Å². The molecule has 0 radical (unpaired) electrons. The van der Waals surface area contributed by atoms with Gasteiger partial charge in [-0.25, -0.2) is 0 Å². The van der Waals surface area contributed by atoms with Gasteiger partial charge in [-0.15, -0.1) is 0 Å². The molecule has 1 heterocycles. The van der Waals surface area contributed by atoms with Crippen molar-refractivity contribution in [2.75, 3.05) is 4.43 Å². The summed E-state index contributed by atoms with van der Waals surface area (Å²) in [6, 6.07) is 0. The number of rotatable bonds is 1. The Bertz CT molecular complexity index is 150. The maximum atomic E-state index is 9.27. The zero-order valence-electron chi connectivity index (χ0n) is 6.17. The number of hydrogen-bond donors (Lipinski definition) is 4. The molecule has 0 amide bonds. The lowest BCUT2D eigenvalue weighted by Gasteiger charge is -2.37. The lowest BCUT2D eigenvalue weighted by atomic mass is 10.0. The van der Waals surface area contributed by atoms with Gasteiger partial charge in [-0.2, -0.15) is 0 Å². The average Bonchev–Trinajstić information content (AvgIpc) is 2.08. The predicted octanol–water partition coefficient (Wildman–Crippen LogP) is -1.78. The molecule has 0 aromatic carbocycles. The van der Waals surface area contributed by atoms with Crippen LogP contribution in [0.2, 0.25) is 0 Å². The fourth-order valence-electron chi connectivity index (χ4n) is 1.06. The van der Waals surface area contributed by atoms with Crippen molar-refractivity contribution in [3.05, 3.63) is 0 Å². The van der Waals surface area contributed by atoms with Crippen LogP contribution in [0.3, 0.4) is 0 Å². The molecule has 5 nitrogen and oxygen atoms in total. The predicted molar refractivity (Wildman–Crippen MR) is 47.8 cm³/mol. The van der Waals surface area contributed by atoms with Gasteiger partial charge in [0, 0.05) is 4.43 Å². The fourth-order valence-corrected chi connectivity index (χ4v) is 1.79. The summed E-state index contributed by atoms with van der Waals surface area (Å²) in [5.41, 5.74) is 0. The molecule has 0 spiro atoms. The van der Waals surface area contributed by atoms with Crippen molar-refractivity contribution in [1.29, 1.82) is 0 Å². The summed E-state index contributed by atoms with van der Waals surface area (Å²) in [6.07, 6.45) is -5.95. The highest BCUT2D eigenvalue weighted by atomic mass is 127. The molecule has 5 atom stereocenters. The molecule has 0 aliphatic carbocycles. The van der Waals surface area contributed by atoms with E-state index in [9.17, 15) is 10.2 Å². The van der Waals surface area contributed by atoms with E-state index in [1.165, 1.54) is 0 Å². The first-order valence-corrected chi connectivity index (χ1v) is 5.04. The van der Waals surface area contributed by atoms with E-state index in [2.05, 4.69) is 0 Å². The Hall–Kier alpha value is 0.530. The van der Waals surface area contributed by atoms with Gasteiger partial charge in [0.1, 0.15) is 18.3 Å². The third-order valence-corrected chi connectivity index (χ3v) is 2.71. The molecule has 4 N–H and O–H groups in total. The molecule has 0 saturated carbocycles. The molecule has 0 bridgehead atoms. The number of aliphatic hydroxyl groups excluding tert-OH is 4. The molecule has 1 saturated heterocycles. The van der Waals surface area contributed by atoms with Crippen molar-refractivity contribution in [1.82, 2.24) is 0 Å².